The average Bonchev–Trinajstić information content (AvgIpc) is 2.36. The minimum absolute atomic E-state index is 0.0819. The van der Waals surface area contributed by atoms with Gasteiger partial charge in [0.2, 0.25) is 0 Å². The molecule has 0 spiro atoms. The molecule has 0 aliphatic heterocycles. The number of non-ortho nitro benzene ring substituents is 1. The summed E-state index contributed by atoms with van der Waals surface area (Å²) >= 11 is 3.12. The van der Waals surface area contributed by atoms with Gasteiger partial charge >= 0.3 is 5.97 Å². The number of hydrogen-bond acceptors (Lipinski definition) is 5. The maximum atomic E-state index is 11.8. The lowest BCUT2D eigenvalue weighted by Crippen LogP contribution is -2.30. The van der Waals surface area contributed by atoms with Crippen molar-refractivity contribution >= 4 is 33.5 Å². The second-order valence-electron chi connectivity index (χ2n) is 3.41. The highest BCUT2D eigenvalue weighted by Crippen LogP contribution is 2.22. The van der Waals surface area contributed by atoms with Gasteiger partial charge in [0.1, 0.15) is 6.54 Å². The number of nitrogens with one attached hydrogen (secondary N) is 1. The Morgan fingerprint density at radius 3 is 2.74 bits per heavy atom. The van der Waals surface area contributed by atoms with Gasteiger partial charge in [0.15, 0.2) is 0 Å². The zero-order chi connectivity index (χ0) is 14.4. The van der Waals surface area contributed by atoms with Gasteiger partial charge in [-0.3, -0.25) is 19.7 Å². The molecule has 19 heavy (non-hydrogen) atoms. The number of carbonyl (C=O) groups excluding carboxylic acids is 2. The van der Waals surface area contributed by atoms with Crippen LogP contribution in [0, 0.1) is 10.1 Å². The molecule has 0 saturated heterocycles. The smallest absolute Gasteiger partial charge is 0.325 e. The largest absolute Gasteiger partial charge is 0.465 e. The van der Waals surface area contributed by atoms with E-state index in [2.05, 4.69) is 26.0 Å². The molecule has 0 aliphatic carbocycles. The number of esters is 1. The number of benzene rings is 1. The van der Waals surface area contributed by atoms with E-state index in [0.29, 0.717) is 4.47 Å². The Balaban J connectivity index is 2.79. The number of nitro groups is 1. The third-order valence-electron chi connectivity index (χ3n) is 2.10. The van der Waals surface area contributed by atoms with E-state index in [9.17, 15) is 19.7 Å². The second-order valence-corrected chi connectivity index (χ2v) is 4.26. The minimum atomic E-state index is -0.603. The van der Waals surface area contributed by atoms with Crippen molar-refractivity contribution in [2.75, 3.05) is 13.2 Å². The van der Waals surface area contributed by atoms with Crippen LogP contribution in [0.4, 0.5) is 5.69 Å². The summed E-state index contributed by atoms with van der Waals surface area (Å²) in [5, 5.41) is 12.9. The number of carbonyl (C=O) groups is 2. The van der Waals surface area contributed by atoms with Gasteiger partial charge in [-0.25, -0.2) is 0 Å². The molecule has 0 aliphatic rings. The number of halogens is 1. The fraction of sp³-hybridized carbons (Fsp3) is 0.273. The molecule has 0 heterocycles. The fourth-order valence-corrected chi connectivity index (χ4v) is 1.69. The summed E-state index contributed by atoms with van der Waals surface area (Å²) in [6.45, 7) is 1.58. The summed E-state index contributed by atoms with van der Waals surface area (Å²) in [7, 11) is 0. The van der Waals surface area contributed by atoms with Crippen LogP contribution in [-0.2, 0) is 9.53 Å². The SMILES string of the molecule is CCOC(=O)CNC(=O)c1cc([N+](=O)[O-])ccc1Br. The van der Waals surface area contributed by atoms with Gasteiger partial charge in [-0.15, -0.1) is 0 Å². The monoisotopic (exact) mass is 330 g/mol. The summed E-state index contributed by atoms with van der Waals surface area (Å²) in [6, 6.07) is 3.80. The first-order valence-electron chi connectivity index (χ1n) is 5.33. The predicted octanol–water partition coefficient (Wildman–Crippen LogP) is 1.65. The van der Waals surface area contributed by atoms with Crippen molar-refractivity contribution in [1.82, 2.24) is 5.32 Å². The number of hydrogen-bond donors (Lipinski definition) is 1. The molecule has 102 valence electrons. The van der Waals surface area contributed by atoms with Gasteiger partial charge in [0, 0.05) is 16.6 Å². The quantitative estimate of drug-likeness (QED) is 0.502. The van der Waals surface area contributed by atoms with E-state index in [1.165, 1.54) is 12.1 Å². The van der Waals surface area contributed by atoms with Crippen LogP contribution in [0.3, 0.4) is 0 Å². The highest BCUT2D eigenvalue weighted by Gasteiger charge is 2.16. The van der Waals surface area contributed by atoms with Crippen molar-refractivity contribution in [3.63, 3.8) is 0 Å². The highest BCUT2D eigenvalue weighted by atomic mass is 79.9. The zero-order valence-electron chi connectivity index (χ0n) is 10.0. The molecule has 7 nitrogen and oxygen atoms in total. The van der Waals surface area contributed by atoms with Gasteiger partial charge in [-0.1, -0.05) is 0 Å². The van der Waals surface area contributed by atoms with Crippen LogP contribution in [0.25, 0.3) is 0 Å². The molecule has 8 heteroatoms. The molecule has 0 aromatic heterocycles. The van der Waals surface area contributed by atoms with Gasteiger partial charge in [0.05, 0.1) is 17.1 Å². The topological polar surface area (TPSA) is 98.5 Å². The molecular weight excluding hydrogens is 320 g/mol. The van der Waals surface area contributed by atoms with Crippen molar-refractivity contribution in [1.29, 1.82) is 0 Å². The number of nitrogens with zero attached hydrogens (tertiary/aromatic N) is 1. The highest BCUT2D eigenvalue weighted by molar-refractivity contribution is 9.10. The van der Waals surface area contributed by atoms with Crippen molar-refractivity contribution in [3.05, 3.63) is 38.3 Å². The van der Waals surface area contributed by atoms with Gasteiger partial charge < -0.3 is 10.1 Å². The van der Waals surface area contributed by atoms with E-state index in [1.807, 2.05) is 0 Å². The third kappa shape index (κ3) is 4.32. The standard InChI is InChI=1S/C11H11BrN2O5/c1-2-19-10(15)6-13-11(16)8-5-7(14(17)18)3-4-9(8)12/h3-5H,2,6H2,1H3,(H,13,16). The number of rotatable bonds is 5. The lowest BCUT2D eigenvalue weighted by molar-refractivity contribution is -0.384. The summed E-state index contributed by atoms with van der Waals surface area (Å²) in [6.07, 6.45) is 0. The Kier molecular flexibility index (Phi) is 5.43. The van der Waals surface area contributed by atoms with Crippen LogP contribution in [0.2, 0.25) is 0 Å². The first-order valence-corrected chi connectivity index (χ1v) is 6.12. The van der Waals surface area contributed by atoms with Crippen molar-refractivity contribution in [3.8, 4) is 0 Å². The Hall–Kier alpha value is -1.96. The van der Waals surface area contributed by atoms with E-state index in [0.717, 1.165) is 6.07 Å². The van der Waals surface area contributed by atoms with E-state index in [-0.39, 0.29) is 24.4 Å². The molecular formula is C11H11BrN2O5. The zero-order valence-corrected chi connectivity index (χ0v) is 11.6. The van der Waals surface area contributed by atoms with Gasteiger partial charge in [0.25, 0.3) is 11.6 Å². The maximum absolute atomic E-state index is 11.8. The summed E-state index contributed by atoms with van der Waals surface area (Å²) in [5.74, 6) is -1.17. The first-order chi connectivity index (χ1) is 8.95. The Morgan fingerprint density at radius 2 is 2.16 bits per heavy atom. The summed E-state index contributed by atoms with van der Waals surface area (Å²) < 4.78 is 5.05. The van der Waals surface area contributed by atoms with Crippen LogP contribution >= 0.6 is 15.9 Å². The van der Waals surface area contributed by atoms with Gasteiger partial charge in [-0.05, 0) is 28.9 Å². The maximum Gasteiger partial charge on any atom is 0.325 e. The molecule has 1 amide bonds. The number of nitro benzene ring substituents is 1. The summed E-state index contributed by atoms with van der Waals surface area (Å²) in [4.78, 5) is 32.9. The van der Waals surface area contributed by atoms with E-state index >= 15 is 0 Å². The van der Waals surface area contributed by atoms with Crippen molar-refractivity contribution in [2.45, 2.75) is 6.92 Å². The molecule has 1 aromatic carbocycles. The van der Waals surface area contributed by atoms with Crippen molar-refractivity contribution in [2.24, 2.45) is 0 Å². The third-order valence-corrected chi connectivity index (χ3v) is 2.80. The predicted molar refractivity (Wildman–Crippen MR) is 69.8 cm³/mol. The molecule has 0 saturated carbocycles. The first kappa shape index (κ1) is 15.1. The van der Waals surface area contributed by atoms with Crippen molar-refractivity contribution < 1.29 is 19.2 Å². The second kappa shape index (κ2) is 6.83. The van der Waals surface area contributed by atoms with E-state index in [4.69, 9.17) is 0 Å². The molecule has 0 atom stereocenters. The van der Waals surface area contributed by atoms with Crippen LogP contribution in [0.1, 0.15) is 17.3 Å². The fourth-order valence-electron chi connectivity index (χ4n) is 1.26. The molecule has 0 bridgehead atoms. The average molecular weight is 331 g/mol. The van der Waals surface area contributed by atoms with Gasteiger partial charge in [-0.2, -0.15) is 0 Å². The minimum Gasteiger partial charge on any atom is -0.465 e. The molecule has 1 rings (SSSR count). The van der Waals surface area contributed by atoms with Crippen LogP contribution in [-0.4, -0.2) is 30.0 Å². The molecule has 0 radical (unpaired) electrons. The molecule has 0 fully saturated rings. The number of amides is 1. The Bertz CT molecular complexity index is 518. The lowest BCUT2D eigenvalue weighted by atomic mass is 10.2. The molecule has 1 aromatic rings. The van der Waals surface area contributed by atoms with E-state index in [1.54, 1.807) is 6.92 Å². The lowest BCUT2D eigenvalue weighted by Gasteiger charge is -2.06. The summed E-state index contributed by atoms with van der Waals surface area (Å²) in [5.41, 5.74) is -0.122. The Morgan fingerprint density at radius 1 is 1.47 bits per heavy atom. The van der Waals surface area contributed by atoms with Crippen LogP contribution in [0.15, 0.2) is 22.7 Å². The Labute approximate surface area is 117 Å². The van der Waals surface area contributed by atoms with Crippen LogP contribution < -0.4 is 5.32 Å². The van der Waals surface area contributed by atoms with E-state index < -0.39 is 16.8 Å². The normalized spacial score (nSPS) is 9.79. The van der Waals surface area contributed by atoms with Crippen LogP contribution in [0.5, 0.6) is 0 Å². The molecule has 1 N–H and O–H groups in total. The molecule has 0 unspecified atom stereocenters. The number of ether oxygens (including phenoxy) is 1.